The molecule has 1 heterocycles. The maximum Gasteiger partial charge on any atom is 0.272 e. The van der Waals surface area contributed by atoms with Crippen molar-refractivity contribution in [3.63, 3.8) is 0 Å². The molecule has 0 aliphatic carbocycles. The van der Waals surface area contributed by atoms with E-state index in [9.17, 15) is 13.2 Å². The number of anilines is 1. The van der Waals surface area contributed by atoms with E-state index in [0.29, 0.717) is 11.4 Å². The van der Waals surface area contributed by atoms with Gasteiger partial charge in [-0.2, -0.15) is 0 Å². The minimum Gasteiger partial charge on any atom is -0.321 e. The van der Waals surface area contributed by atoms with Gasteiger partial charge in [-0.15, -0.1) is 0 Å². The third-order valence-electron chi connectivity index (χ3n) is 4.40. The number of nitrogens with two attached hydrogens (primary N) is 1. The molecule has 0 spiro atoms. The van der Waals surface area contributed by atoms with Crippen molar-refractivity contribution in [2.45, 2.75) is 4.90 Å². The number of primary sulfonamides is 1. The molecule has 0 radical (unpaired) electrons. The highest BCUT2D eigenvalue weighted by Gasteiger charge is 2.17. The van der Waals surface area contributed by atoms with Crippen LogP contribution in [0, 0.1) is 0 Å². The van der Waals surface area contributed by atoms with Crippen LogP contribution in [0.15, 0.2) is 89.8 Å². The van der Waals surface area contributed by atoms with Gasteiger partial charge >= 0.3 is 0 Å². The zero-order chi connectivity index (χ0) is 19.7. The van der Waals surface area contributed by atoms with E-state index in [4.69, 9.17) is 5.14 Å². The Labute approximate surface area is 162 Å². The lowest BCUT2D eigenvalue weighted by Crippen LogP contribution is -2.16. The minimum absolute atomic E-state index is 0.0103. The number of nitrogens with zero attached hydrogens (tertiary/aromatic N) is 1. The number of carbonyl (C=O) groups is 1. The average molecular weight is 391 g/mol. The Morgan fingerprint density at radius 3 is 2.18 bits per heavy atom. The van der Waals surface area contributed by atoms with Crippen molar-refractivity contribution < 1.29 is 13.2 Å². The van der Waals surface area contributed by atoms with Gasteiger partial charge in [-0.25, -0.2) is 13.6 Å². The van der Waals surface area contributed by atoms with E-state index in [0.717, 1.165) is 16.6 Å². The second kappa shape index (κ2) is 6.95. The third-order valence-corrected chi connectivity index (χ3v) is 5.33. The highest BCUT2D eigenvalue weighted by Crippen LogP contribution is 2.25. The molecule has 0 saturated heterocycles. The first-order valence-electron chi connectivity index (χ1n) is 8.53. The first-order chi connectivity index (χ1) is 13.4. The van der Waals surface area contributed by atoms with Crippen LogP contribution in [0.25, 0.3) is 16.6 Å². The smallest absolute Gasteiger partial charge is 0.272 e. The van der Waals surface area contributed by atoms with E-state index in [-0.39, 0.29) is 10.8 Å². The Hall–Kier alpha value is -3.42. The van der Waals surface area contributed by atoms with Gasteiger partial charge in [0, 0.05) is 16.8 Å². The Morgan fingerprint density at radius 2 is 1.50 bits per heavy atom. The van der Waals surface area contributed by atoms with Crippen LogP contribution in [0.1, 0.15) is 10.5 Å². The number of amides is 1. The van der Waals surface area contributed by atoms with Gasteiger partial charge in [-0.1, -0.05) is 36.4 Å². The second-order valence-corrected chi connectivity index (χ2v) is 7.84. The fourth-order valence-electron chi connectivity index (χ4n) is 3.10. The van der Waals surface area contributed by atoms with Gasteiger partial charge < -0.3 is 9.88 Å². The molecule has 0 aliphatic rings. The number of aromatic nitrogens is 1. The predicted octanol–water partition coefficient (Wildman–Crippen LogP) is 3.53. The van der Waals surface area contributed by atoms with E-state index < -0.39 is 10.0 Å². The van der Waals surface area contributed by atoms with Crippen molar-refractivity contribution in [2.75, 3.05) is 5.32 Å². The lowest BCUT2D eigenvalue weighted by molar-refractivity contribution is 0.102. The number of hydrogen-bond acceptors (Lipinski definition) is 3. The van der Waals surface area contributed by atoms with Crippen LogP contribution in [0.5, 0.6) is 0 Å². The SMILES string of the molecule is NS(=O)(=O)c1ccc(NC(=O)c2cc3ccccc3n2-c2ccccc2)cc1. The van der Waals surface area contributed by atoms with Crippen molar-refractivity contribution in [1.29, 1.82) is 0 Å². The van der Waals surface area contributed by atoms with Gasteiger partial charge in [-0.05, 0) is 48.5 Å². The first kappa shape index (κ1) is 18.0. The van der Waals surface area contributed by atoms with Crippen molar-refractivity contribution in [1.82, 2.24) is 4.57 Å². The van der Waals surface area contributed by atoms with Crippen LogP contribution in [0.4, 0.5) is 5.69 Å². The molecule has 0 fully saturated rings. The van der Waals surface area contributed by atoms with Crippen LogP contribution in [-0.4, -0.2) is 18.9 Å². The highest BCUT2D eigenvalue weighted by atomic mass is 32.2. The predicted molar refractivity (Wildman–Crippen MR) is 109 cm³/mol. The molecule has 7 heteroatoms. The van der Waals surface area contributed by atoms with Crippen LogP contribution in [0.2, 0.25) is 0 Å². The largest absolute Gasteiger partial charge is 0.321 e. The summed E-state index contributed by atoms with van der Waals surface area (Å²) in [5, 5.41) is 8.87. The first-order valence-corrected chi connectivity index (χ1v) is 10.1. The molecule has 0 aliphatic heterocycles. The highest BCUT2D eigenvalue weighted by molar-refractivity contribution is 7.89. The van der Waals surface area contributed by atoms with Crippen LogP contribution < -0.4 is 10.5 Å². The summed E-state index contributed by atoms with van der Waals surface area (Å²) in [5.74, 6) is -0.302. The standard InChI is InChI=1S/C21H17N3O3S/c22-28(26,27)18-12-10-16(11-13-18)23-21(25)20-14-15-6-4-5-9-19(15)24(20)17-7-2-1-3-8-17/h1-14H,(H,23,25)(H2,22,26,27). The van der Waals surface area contributed by atoms with E-state index in [2.05, 4.69) is 5.32 Å². The maximum atomic E-state index is 13.0. The molecular formula is C21H17N3O3S. The number of carbonyl (C=O) groups excluding carboxylic acids is 1. The van der Waals surface area contributed by atoms with Crippen molar-refractivity contribution in [3.05, 3.63) is 90.6 Å². The van der Waals surface area contributed by atoms with Crippen LogP contribution >= 0.6 is 0 Å². The normalized spacial score (nSPS) is 11.5. The Bertz CT molecular complexity index is 1260. The number of fused-ring (bicyclic) bond motifs is 1. The summed E-state index contributed by atoms with van der Waals surface area (Å²) in [6.07, 6.45) is 0. The fraction of sp³-hybridized carbons (Fsp3) is 0. The average Bonchev–Trinajstić information content (AvgIpc) is 3.08. The summed E-state index contributed by atoms with van der Waals surface area (Å²) in [6.45, 7) is 0. The molecule has 4 rings (SSSR count). The number of hydrogen-bond donors (Lipinski definition) is 2. The summed E-state index contributed by atoms with van der Waals surface area (Å²) >= 11 is 0. The molecule has 0 atom stereocenters. The summed E-state index contributed by atoms with van der Waals surface area (Å²) < 4.78 is 24.6. The summed E-state index contributed by atoms with van der Waals surface area (Å²) in [7, 11) is -3.78. The molecule has 0 saturated carbocycles. The van der Waals surface area contributed by atoms with Gasteiger partial charge in [0.05, 0.1) is 10.4 Å². The quantitative estimate of drug-likeness (QED) is 0.557. The van der Waals surface area contributed by atoms with Crippen LogP contribution in [0.3, 0.4) is 0 Å². The van der Waals surface area contributed by atoms with E-state index in [1.807, 2.05) is 65.2 Å². The van der Waals surface area contributed by atoms with Gasteiger partial charge in [0.15, 0.2) is 0 Å². The van der Waals surface area contributed by atoms with Gasteiger partial charge in [0.1, 0.15) is 5.69 Å². The summed E-state index contributed by atoms with van der Waals surface area (Å²) in [5.41, 5.74) is 2.74. The van der Waals surface area contributed by atoms with Gasteiger partial charge in [-0.3, -0.25) is 4.79 Å². The molecule has 3 aromatic carbocycles. The molecule has 4 aromatic rings. The van der Waals surface area contributed by atoms with E-state index in [1.54, 1.807) is 0 Å². The number of rotatable bonds is 4. The molecule has 28 heavy (non-hydrogen) atoms. The topological polar surface area (TPSA) is 94.2 Å². The fourth-order valence-corrected chi connectivity index (χ4v) is 3.62. The number of nitrogens with one attached hydrogen (secondary N) is 1. The monoisotopic (exact) mass is 391 g/mol. The molecule has 140 valence electrons. The van der Waals surface area contributed by atoms with Crippen LogP contribution in [-0.2, 0) is 10.0 Å². The summed E-state index contributed by atoms with van der Waals surface area (Å²) in [6, 6.07) is 24.9. The van der Waals surface area contributed by atoms with Crippen molar-refractivity contribution in [2.24, 2.45) is 5.14 Å². The Morgan fingerprint density at radius 1 is 0.857 bits per heavy atom. The molecule has 1 amide bonds. The zero-order valence-electron chi connectivity index (χ0n) is 14.7. The zero-order valence-corrected chi connectivity index (χ0v) is 15.6. The minimum atomic E-state index is -3.78. The molecule has 1 aromatic heterocycles. The van der Waals surface area contributed by atoms with E-state index >= 15 is 0 Å². The lowest BCUT2D eigenvalue weighted by atomic mass is 10.2. The molecule has 6 nitrogen and oxygen atoms in total. The number of para-hydroxylation sites is 2. The summed E-state index contributed by atoms with van der Waals surface area (Å²) in [4.78, 5) is 13.0. The molecule has 3 N–H and O–H groups in total. The number of sulfonamides is 1. The van der Waals surface area contributed by atoms with Gasteiger partial charge in [0.2, 0.25) is 10.0 Å². The Kier molecular flexibility index (Phi) is 4.46. The van der Waals surface area contributed by atoms with Crippen molar-refractivity contribution >= 4 is 32.5 Å². The third kappa shape index (κ3) is 3.40. The maximum absolute atomic E-state index is 13.0. The van der Waals surface area contributed by atoms with Crippen molar-refractivity contribution in [3.8, 4) is 5.69 Å². The number of benzene rings is 3. The lowest BCUT2D eigenvalue weighted by Gasteiger charge is -2.11. The second-order valence-electron chi connectivity index (χ2n) is 6.28. The molecular weight excluding hydrogens is 374 g/mol. The Balaban J connectivity index is 1.74. The molecule has 0 unspecified atom stereocenters. The molecule has 0 bridgehead atoms. The van der Waals surface area contributed by atoms with E-state index in [1.165, 1.54) is 24.3 Å². The van der Waals surface area contributed by atoms with Gasteiger partial charge in [0.25, 0.3) is 5.91 Å².